The minimum absolute atomic E-state index is 0.0797. The maximum atomic E-state index is 10.3. The van der Waals surface area contributed by atoms with Gasteiger partial charge in [-0.3, -0.25) is 10.1 Å². The maximum Gasteiger partial charge on any atom is 0.269 e. The Morgan fingerprint density at radius 2 is 1.85 bits per heavy atom. The first-order valence-corrected chi connectivity index (χ1v) is 4.00. The molecule has 0 aliphatic carbocycles. The van der Waals surface area contributed by atoms with E-state index < -0.39 is 4.92 Å². The van der Waals surface area contributed by atoms with Gasteiger partial charge < -0.3 is 4.74 Å². The lowest BCUT2D eigenvalue weighted by atomic mass is 10.3. The van der Waals surface area contributed by atoms with E-state index in [0.717, 1.165) is 0 Å². The van der Waals surface area contributed by atoms with E-state index in [-0.39, 0.29) is 11.8 Å². The summed E-state index contributed by atoms with van der Waals surface area (Å²) in [5.41, 5.74) is 0.0797. The van der Waals surface area contributed by atoms with E-state index in [0.29, 0.717) is 5.75 Å². The van der Waals surface area contributed by atoms with Gasteiger partial charge in [-0.25, -0.2) is 0 Å². The molecule has 1 rings (SSSR count). The monoisotopic (exact) mass is 181 g/mol. The molecule has 0 aliphatic rings. The van der Waals surface area contributed by atoms with Crippen LogP contribution in [0.25, 0.3) is 0 Å². The molecular weight excluding hydrogens is 170 g/mol. The Balaban J connectivity index is 2.75. The molecule has 0 spiro atoms. The smallest absolute Gasteiger partial charge is 0.269 e. The van der Waals surface area contributed by atoms with Crippen LogP contribution in [0, 0.1) is 10.1 Å². The lowest BCUT2D eigenvalue weighted by Crippen LogP contribution is -2.05. The maximum absolute atomic E-state index is 10.3. The molecule has 0 atom stereocenters. The summed E-state index contributed by atoms with van der Waals surface area (Å²) in [4.78, 5) is 9.87. The SMILES string of the molecule is CC(C)Oc1ccc([N+](=O)[O-])cc1. The van der Waals surface area contributed by atoms with Gasteiger partial charge in [0.25, 0.3) is 5.69 Å². The van der Waals surface area contributed by atoms with E-state index in [9.17, 15) is 10.1 Å². The van der Waals surface area contributed by atoms with Crippen LogP contribution in [-0.4, -0.2) is 11.0 Å². The molecule has 13 heavy (non-hydrogen) atoms. The number of benzene rings is 1. The zero-order valence-corrected chi connectivity index (χ0v) is 7.56. The Kier molecular flexibility index (Phi) is 2.84. The van der Waals surface area contributed by atoms with Crippen molar-refractivity contribution >= 4 is 5.69 Å². The first-order valence-electron chi connectivity index (χ1n) is 4.00. The highest BCUT2D eigenvalue weighted by Crippen LogP contribution is 2.17. The van der Waals surface area contributed by atoms with Gasteiger partial charge in [0.05, 0.1) is 11.0 Å². The highest BCUT2D eigenvalue weighted by Gasteiger charge is 2.04. The Morgan fingerprint density at radius 3 is 2.23 bits per heavy atom. The number of hydrogen-bond acceptors (Lipinski definition) is 3. The molecule has 0 bridgehead atoms. The summed E-state index contributed by atoms with van der Waals surface area (Å²) in [7, 11) is 0. The fourth-order valence-electron chi connectivity index (χ4n) is 0.919. The van der Waals surface area contributed by atoms with E-state index in [1.807, 2.05) is 13.8 Å². The minimum Gasteiger partial charge on any atom is -0.491 e. The third-order valence-electron chi connectivity index (χ3n) is 1.42. The van der Waals surface area contributed by atoms with Crippen molar-refractivity contribution in [1.82, 2.24) is 0 Å². The van der Waals surface area contributed by atoms with Crippen LogP contribution in [0.15, 0.2) is 24.3 Å². The van der Waals surface area contributed by atoms with E-state index in [4.69, 9.17) is 4.74 Å². The summed E-state index contributed by atoms with van der Waals surface area (Å²) in [6.45, 7) is 3.81. The molecule has 0 aliphatic heterocycles. The van der Waals surface area contributed by atoms with Crippen molar-refractivity contribution in [2.24, 2.45) is 0 Å². The fraction of sp³-hybridized carbons (Fsp3) is 0.333. The fourth-order valence-corrected chi connectivity index (χ4v) is 0.919. The predicted octanol–water partition coefficient (Wildman–Crippen LogP) is 2.38. The van der Waals surface area contributed by atoms with Gasteiger partial charge in [0.2, 0.25) is 0 Å². The van der Waals surface area contributed by atoms with Crippen LogP contribution in [-0.2, 0) is 0 Å². The van der Waals surface area contributed by atoms with E-state index in [2.05, 4.69) is 0 Å². The number of nitro benzene ring substituents is 1. The third-order valence-corrected chi connectivity index (χ3v) is 1.42. The van der Waals surface area contributed by atoms with Crippen LogP contribution in [0.2, 0.25) is 0 Å². The van der Waals surface area contributed by atoms with Gasteiger partial charge in [-0.2, -0.15) is 0 Å². The van der Waals surface area contributed by atoms with Crippen LogP contribution in [0.3, 0.4) is 0 Å². The third kappa shape index (κ3) is 2.74. The number of rotatable bonds is 3. The first-order chi connectivity index (χ1) is 6.09. The summed E-state index contributed by atoms with van der Waals surface area (Å²) in [6.07, 6.45) is 0.0847. The molecule has 0 saturated heterocycles. The minimum atomic E-state index is -0.431. The summed E-state index contributed by atoms with van der Waals surface area (Å²) in [6, 6.07) is 6.05. The van der Waals surface area contributed by atoms with Crippen molar-refractivity contribution in [2.75, 3.05) is 0 Å². The molecule has 1 aromatic carbocycles. The molecule has 4 nitrogen and oxygen atoms in total. The molecule has 4 heteroatoms. The quantitative estimate of drug-likeness (QED) is 0.531. The van der Waals surface area contributed by atoms with Crippen molar-refractivity contribution < 1.29 is 9.66 Å². The lowest BCUT2D eigenvalue weighted by Gasteiger charge is -2.08. The van der Waals surface area contributed by atoms with Gasteiger partial charge in [0.1, 0.15) is 5.75 Å². The summed E-state index contributed by atoms with van der Waals surface area (Å²) in [5, 5.41) is 10.3. The van der Waals surface area contributed by atoms with Crippen LogP contribution in [0.5, 0.6) is 5.75 Å². The summed E-state index contributed by atoms with van der Waals surface area (Å²) >= 11 is 0. The molecule has 70 valence electrons. The van der Waals surface area contributed by atoms with Crippen LogP contribution in [0.4, 0.5) is 5.69 Å². The largest absolute Gasteiger partial charge is 0.491 e. The van der Waals surface area contributed by atoms with Crippen molar-refractivity contribution in [2.45, 2.75) is 20.0 Å². The van der Waals surface area contributed by atoms with Gasteiger partial charge in [-0.15, -0.1) is 0 Å². The Hall–Kier alpha value is -1.58. The van der Waals surface area contributed by atoms with Crippen molar-refractivity contribution in [1.29, 1.82) is 0 Å². The van der Waals surface area contributed by atoms with Gasteiger partial charge in [-0.1, -0.05) is 0 Å². The number of nitrogens with zero attached hydrogens (tertiary/aromatic N) is 1. The molecular formula is C9H11NO3. The Morgan fingerprint density at radius 1 is 1.31 bits per heavy atom. The average molecular weight is 181 g/mol. The zero-order chi connectivity index (χ0) is 9.84. The van der Waals surface area contributed by atoms with E-state index in [1.54, 1.807) is 12.1 Å². The highest BCUT2D eigenvalue weighted by atomic mass is 16.6. The van der Waals surface area contributed by atoms with Crippen molar-refractivity contribution in [3.05, 3.63) is 34.4 Å². The second kappa shape index (κ2) is 3.89. The van der Waals surface area contributed by atoms with Crippen LogP contribution >= 0.6 is 0 Å². The summed E-state index contributed by atoms with van der Waals surface area (Å²) < 4.78 is 5.33. The molecule has 0 radical (unpaired) electrons. The highest BCUT2D eigenvalue weighted by molar-refractivity contribution is 5.35. The average Bonchev–Trinajstić information content (AvgIpc) is 2.04. The molecule has 0 unspecified atom stereocenters. The molecule has 0 fully saturated rings. The molecule has 0 amide bonds. The van der Waals surface area contributed by atoms with Crippen LogP contribution < -0.4 is 4.74 Å². The predicted molar refractivity (Wildman–Crippen MR) is 48.9 cm³/mol. The number of non-ortho nitro benzene ring substituents is 1. The topological polar surface area (TPSA) is 52.4 Å². The van der Waals surface area contributed by atoms with Gasteiger partial charge in [0.15, 0.2) is 0 Å². The molecule has 1 aromatic rings. The standard InChI is InChI=1S/C9H11NO3/c1-7(2)13-9-5-3-8(4-6-9)10(11)12/h3-7H,1-2H3. The lowest BCUT2D eigenvalue weighted by molar-refractivity contribution is -0.384. The number of hydrogen-bond donors (Lipinski definition) is 0. The molecule has 0 aromatic heterocycles. The second-order valence-corrected chi connectivity index (χ2v) is 2.92. The number of ether oxygens (including phenoxy) is 1. The molecule has 0 saturated carbocycles. The van der Waals surface area contributed by atoms with Crippen molar-refractivity contribution in [3.63, 3.8) is 0 Å². The van der Waals surface area contributed by atoms with Crippen molar-refractivity contribution in [3.8, 4) is 5.75 Å². The molecule has 0 heterocycles. The second-order valence-electron chi connectivity index (χ2n) is 2.92. The van der Waals surface area contributed by atoms with Crippen LogP contribution in [0.1, 0.15) is 13.8 Å². The van der Waals surface area contributed by atoms with E-state index >= 15 is 0 Å². The zero-order valence-electron chi connectivity index (χ0n) is 7.56. The van der Waals surface area contributed by atoms with Gasteiger partial charge >= 0.3 is 0 Å². The molecule has 0 N–H and O–H groups in total. The van der Waals surface area contributed by atoms with Gasteiger partial charge in [0, 0.05) is 12.1 Å². The summed E-state index contributed by atoms with van der Waals surface area (Å²) in [5.74, 6) is 0.653. The Bertz CT molecular complexity index is 292. The normalized spacial score (nSPS) is 10.1. The Labute approximate surface area is 76.3 Å². The first kappa shape index (κ1) is 9.51. The number of nitro groups is 1. The van der Waals surface area contributed by atoms with Gasteiger partial charge in [-0.05, 0) is 26.0 Å². The van der Waals surface area contributed by atoms with E-state index in [1.165, 1.54) is 12.1 Å².